The van der Waals surface area contributed by atoms with E-state index >= 15 is 0 Å². The summed E-state index contributed by atoms with van der Waals surface area (Å²) in [5.41, 5.74) is 1.58. The molecule has 1 fully saturated rings. The van der Waals surface area contributed by atoms with E-state index in [0.717, 1.165) is 18.8 Å². The third-order valence-electron chi connectivity index (χ3n) is 3.17. The second kappa shape index (κ2) is 5.60. The lowest BCUT2D eigenvalue weighted by atomic mass is 10.2. The molecular weight excluding hydrogens is 284 g/mol. The van der Waals surface area contributed by atoms with Crippen LogP contribution < -0.4 is 9.21 Å². The molecule has 7 heteroatoms. The molecule has 1 aromatic rings. The van der Waals surface area contributed by atoms with E-state index in [4.69, 9.17) is 4.74 Å². The summed E-state index contributed by atoms with van der Waals surface area (Å²) < 4.78 is 29.8. The molecule has 0 saturated carbocycles. The Hall–Kier alpha value is -0.920. The molecular formula is C12H18N2O3S2. The minimum Gasteiger partial charge on any atom is -0.378 e. The minimum atomic E-state index is -3.28. The topological polar surface area (TPSA) is 49.9 Å². The van der Waals surface area contributed by atoms with Gasteiger partial charge in [0.15, 0.2) is 0 Å². The van der Waals surface area contributed by atoms with Crippen molar-refractivity contribution in [3.05, 3.63) is 18.2 Å². The van der Waals surface area contributed by atoms with Crippen molar-refractivity contribution in [1.82, 2.24) is 0 Å². The molecule has 0 spiro atoms. The summed E-state index contributed by atoms with van der Waals surface area (Å²) >= 11 is 4.33. The first-order valence-corrected chi connectivity index (χ1v) is 8.29. The van der Waals surface area contributed by atoms with Crippen LogP contribution in [-0.2, 0) is 14.8 Å². The van der Waals surface area contributed by atoms with Crippen molar-refractivity contribution in [2.45, 2.75) is 4.90 Å². The van der Waals surface area contributed by atoms with Gasteiger partial charge < -0.3 is 9.64 Å². The molecule has 0 aromatic heterocycles. The first kappa shape index (κ1) is 14.5. The van der Waals surface area contributed by atoms with Crippen molar-refractivity contribution < 1.29 is 13.2 Å². The molecule has 5 nitrogen and oxygen atoms in total. The van der Waals surface area contributed by atoms with E-state index < -0.39 is 10.0 Å². The summed E-state index contributed by atoms with van der Waals surface area (Å²) in [6.07, 6.45) is 1.18. The lowest BCUT2D eigenvalue weighted by molar-refractivity contribution is 0.122. The van der Waals surface area contributed by atoms with Gasteiger partial charge in [0.05, 0.1) is 25.2 Å². The second-order valence-electron chi connectivity index (χ2n) is 4.50. The smallest absolute Gasteiger partial charge is 0.232 e. The number of rotatable bonds is 3. The van der Waals surface area contributed by atoms with Crippen LogP contribution in [0.2, 0.25) is 0 Å². The van der Waals surface area contributed by atoms with Gasteiger partial charge in [-0.25, -0.2) is 8.42 Å². The number of morpholine rings is 1. The van der Waals surface area contributed by atoms with Gasteiger partial charge in [0.25, 0.3) is 0 Å². The zero-order chi connectivity index (χ0) is 14.0. The van der Waals surface area contributed by atoms with Gasteiger partial charge in [0, 0.05) is 30.7 Å². The first-order valence-electron chi connectivity index (χ1n) is 5.99. The molecule has 0 amide bonds. The summed E-state index contributed by atoms with van der Waals surface area (Å²) in [5, 5.41) is 0. The van der Waals surface area contributed by atoms with E-state index in [0.29, 0.717) is 23.8 Å². The van der Waals surface area contributed by atoms with Crippen molar-refractivity contribution in [2.24, 2.45) is 0 Å². The van der Waals surface area contributed by atoms with Gasteiger partial charge in [-0.3, -0.25) is 4.31 Å². The third-order valence-corrected chi connectivity index (χ3v) is 4.74. The number of benzene rings is 1. The van der Waals surface area contributed by atoms with Gasteiger partial charge in [-0.15, -0.1) is 12.6 Å². The molecule has 1 aliphatic rings. The Morgan fingerprint density at radius 1 is 1.32 bits per heavy atom. The number of thiol groups is 1. The van der Waals surface area contributed by atoms with Gasteiger partial charge in [-0.05, 0) is 18.2 Å². The monoisotopic (exact) mass is 302 g/mol. The average molecular weight is 302 g/mol. The molecule has 0 atom stereocenters. The van der Waals surface area contributed by atoms with Gasteiger partial charge in [-0.2, -0.15) is 0 Å². The average Bonchev–Trinajstić information content (AvgIpc) is 2.38. The second-order valence-corrected chi connectivity index (χ2v) is 7.00. The number of nitrogens with zero attached hydrogens (tertiary/aromatic N) is 2. The van der Waals surface area contributed by atoms with Crippen molar-refractivity contribution in [2.75, 3.05) is 48.8 Å². The van der Waals surface area contributed by atoms with Crippen molar-refractivity contribution >= 4 is 34.0 Å². The molecule has 2 rings (SSSR count). The molecule has 1 aliphatic heterocycles. The Bertz CT molecular complexity index is 554. The summed E-state index contributed by atoms with van der Waals surface area (Å²) in [7, 11) is -1.75. The van der Waals surface area contributed by atoms with Crippen molar-refractivity contribution in [1.29, 1.82) is 0 Å². The molecule has 0 bridgehead atoms. The quantitative estimate of drug-likeness (QED) is 0.853. The Morgan fingerprint density at radius 2 is 1.95 bits per heavy atom. The summed E-state index contributed by atoms with van der Waals surface area (Å²) in [5.74, 6) is 0. The standard InChI is InChI=1S/C12H18N2O3S2/c1-13(19(2,15)16)11-9-10(3-4-12(11)18)14-5-7-17-8-6-14/h3-4,9,18H,5-8H2,1-2H3. The Morgan fingerprint density at radius 3 is 2.53 bits per heavy atom. The molecule has 1 saturated heterocycles. The largest absolute Gasteiger partial charge is 0.378 e. The highest BCUT2D eigenvalue weighted by Crippen LogP contribution is 2.30. The maximum absolute atomic E-state index is 11.6. The van der Waals surface area contributed by atoms with Crippen LogP contribution in [0.25, 0.3) is 0 Å². The van der Waals surface area contributed by atoms with Crippen LogP contribution in [0.5, 0.6) is 0 Å². The molecule has 106 valence electrons. The van der Waals surface area contributed by atoms with Crippen LogP contribution in [0, 0.1) is 0 Å². The van der Waals surface area contributed by atoms with E-state index in [1.165, 1.54) is 17.6 Å². The zero-order valence-electron chi connectivity index (χ0n) is 11.0. The fraction of sp³-hybridized carbons (Fsp3) is 0.500. The molecule has 0 radical (unpaired) electrons. The van der Waals surface area contributed by atoms with Crippen LogP contribution in [-0.4, -0.2) is 48.0 Å². The fourth-order valence-electron chi connectivity index (χ4n) is 1.96. The summed E-state index contributed by atoms with van der Waals surface area (Å²) in [6.45, 7) is 3.02. The Labute approximate surface area is 119 Å². The van der Waals surface area contributed by atoms with E-state index in [9.17, 15) is 8.42 Å². The Kier molecular flexibility index (Phi) is 4.27. The van der Waals surface area contributed by atoms with Gasteiger partial charge in [-0.1, -0.05) is 0 Å². The normalized spacial score (nSPS) is 16.5. The number of hydrogen-bond acceptors (Lipinski definition) is 5. The Balaban J connectivity index is 2.34. The first-order chi connectivity index (χ1) is 8.89. The maximum atomic E-state index is 11.6. The van der Waals surface area contributed by atoms with E-state index in [-0.39, 0.29) is 0 Å². The van der Waals surface area contributed by atoms with Crippen LogP contribution in [0.15, 0.2) is 23.1 Å². The maximum Gasteiger partial charge on any atom is 0.232 e. The number of anilines is 2. The predicted molar refractivity (Wildman–Crippen MR) is 80.0 cm³/mol. The van der Waals surface area contributed by atoms with E-state index in [1.54, 1.807) is 0 Å². The van der Waals surface area contributed by atoms with Crippen LogP contribution in [0.1, 0.15) is 0 Å². The van der Waals surface area contributed by atoms with Crippen molar-refractivity contribution in [3.63, 3.8) is 0 Å². The number of ether oxygens (including phenoxy) is 1. The zero-order valence-corrected chi connectivity index (χ0v) is 12.7. The summed E-state index contributed by atoms with van der Waals surface area (Å²) in [6, 6.07) is 5.63. The van der Waals surface area contributed by atoms with Gasteiger partial charge in [0.1, 0.15) is 0 Å². The van der Waals surface area contributed by atoms with E-state index in [2.05, 4.69) is 17.5 Å². The third kappa shape index (κ3) is 3.34. The highest BCUT2D eigenvalue weighted by molar-refractivity contribution is 7.92. The molecule has 0 aliphatic carbocycles. The van der Waals surface area contributed by atoms with Crippen LogP contribution in [0.4, 0.5) is 11.4 Å². The molecule has 19 heavy (non-hydrogen) atoms. The van der Waals surface area contributed by atoms with Crippen molar-refractivity contribution in [3.8, 4) is 0 Å². The molecule has 1 heterocycles. The highest BCUT2D eigenvalue weighted by Gasteiger charge is 2.17. The fourth-order valence-corrected chi connectivity index (χ4v) is 2.83. The van der Waals surface area contributed by atoms with Crippen LogP contribution >= 0.6 is 12.6 Å². The molecule has 0 N–H and O–H groups in total. The molecule has 1 aromatic carbocycles. The lowest BCUT2D eigenvalue weighted by Crippen LogP contribution is -2.36. The van der Waals surface area contributed by atoms with Gasteiger partial charge >= 0.3 is 0 Å². The van der Waals surface area contributed by atoms with Crippen LogP contribution in [0.3, 0.4) is 0 Å². The van der Waals surface area contributed by atoms with E-state index in [1.807, 2.05) is 18.2 Å². The number of hydrogen-bond donors (Lipinski definition) is 1. The SMILES string of the molecule is CN(c1cc(N2CCOCC2)ccc1S)S(C)(=O)=O. The molecule has 0 unspecified atom stereocenters. The summed E-state index contributed by atoms with van der Waals surface area (Å²) in [4.78, 5) is 2.82. The lowest BCUT2D eigenvalue weighted by Gasteiger charge is -2.30. The number of sulfonamides is 1. The van der Waals surface area contributed by atoms with Gasteiger partial charge in [0.2, 0.25) is 10.0 Å². The minimum absolute atomic E-state index is 0.592. The predicted octanol–water partition coefficient (Wildman–Crippen LogP) is 1.21. The highest BCUT2D eigenvalue weighted by atomic mass is 32.2.